The summed E-state index contributed by atoms with van der Waals surface area (Å²) in [6.07, 6.45) is 2.56. The van der Waals surface area contributed by atoms with Gasteiger partial charge in [0.05, 0.1) is 25.0 Å². The second-order valence-corrected chi connectivity index (χ2v) is 9.46. The van der Waals surface area contributed by atoms with Crippen molar-refractivity contribution in [2.75, 3.05) is 63.8 Å². The maximum atomic E-state index is 6.01. The van der Waals surface area contributed by atoms with Crippen LogP contribution >= 0.6 is 0 Å². The van der Waals surface area contributed by atoms with E-state index in [1.165, 1.54) is 12.8 Å². The highest BCUT2D eigenvalue weighted by molar-refractivity contribution is 5.72. The molecule has 4 heterocycles. The van der Waals surface area contributed by atoms with Crippen LogP contribution in [0.15, 0.2) is 54.6 Å². The van der Waals surface area contributed by atoms with Crippen molar-refractivity contribution in [2.24, 2.45) is 0 Å². The molecule has 0 atom stereocenters. The largest absolute Gasteiger partial charge is 0.493 e. The Balaban J connectivity index is 1.21. The van der Waals surface area contributed by atoms with Crippen LogP contribution in [0.25, 0.3) is 16.9 Å². The number of anilines is 3. The van der Waals surface area contributed by atoms with Crippen molar-refractivity contribution in [2.45, 2.75) is 12.8 Å². The lowest BCUT2D eigenvalue weighted by molar-refractivity contribution is 0.230. The molecule has 1 N–H and O–H groups in total. The average Bonchev–Trinajstić information content (AvgIpc) is 3.59. The molecule has 0 spiro atoms. The maximum Gasteiger partial charge on any atom is 0.247 e. The van der Waals surface area contributed by atoms with Crippen LogP contribution in [0.5, 0.6) is 17.2 Å². The Bertz CT molecular complexity index is 1400. The first-order chi connectivity index (χ1) is 18.2. The van der Waals surface area contributed by atoms with E-state index >= 15 is 0 Å². The Morgan fingerprint density at radius 3 is 2.76 bits per heavy atom. The Morgan fingerprint density at radius 2 is 1.89 bits per heavy atom. The number of likely N-dealkylation sites (N-methyl/N-ethyl adjacent to an activating group) is 1. The van der Waals surface area contributed by atoms with Gasteiger partial charge in [-0.05, 0) is 62.3 Å². The lowest BCUT2D eigenvalue weighted by atomic mass is 10.1. The van der Waals surface area contributed by atoms with E-state index < -0.39 is 0 Å². The predicted molar refractivity (Wildman–Crippen MR) is 145 cm³/mol. The highest BCUT2D eigenvalue weighted by Crippen LogP contribution is 2.35. The van der Waals surface area contributed by atoms with Gasteiger partial charge in [-0.15, -0.1) is 5.10 Å². The number of aromatic nitrogens is 3. The van der Waals surface area contributed by atoms with E-state index in [0.29, 0.717) is 24.9 Å². The van der Waals surface area contributed by atoms with Gasteiger partial charge in [-0.25, -0.2) is 4.52 Å². The SMILES string of the molecule is COc1cc(Nc2nc3cccc(-c4ccc5c(c4)OCCN5C)n3n2)ccc1OCCN1CCCC1. The van der Waals surface area contributed by atoms with Crippen molar-refractivity contribution in [3.63, 3.8) is 0 Å². The second-order valence-electron chi connectivity index (χ2n) is 9.46. The fourth-order valence-electron chi connectivity index (χ4n) is 4.98. The first-order valence-corrected chi connectivity index (χ1v) is 12.8. The zero-order valence-corrected chi connectivity index (χ0v) is 21.3. The highest BCUT2D eigenvalue weighted by Gasteiger charge is 2.17. The predicted octanol–water partition coefficient (Wildman–Crippen LogP) is 4.45. The van der Waals surface area contributed by atoms with Crippen LogP contribution in [0.1, 0.15) is 12.8 Å². The molecule has 0 aliphatic carbocycles. The van der Waals surface area contributed by atoms with Crippen molar-refractivity contribution < 1.29 is 14.2 Å². The molecule has 2 aromatic carbocycles. The van der Waals surface area contributed by atoms with E-state index in [9.17, 15) is 0 Å². The third-order valence-corrected chi connectivity index (χ3v) is 6.99. The molecule has 192 valence electrons. The molecule has 1 saturated heterocycles. The monoisotopic (exact) mass is 500 g/mol. The highest BCUT2D eigenvalue weighted by atomic mass is 16.5. The molecule has 0 unspecified atom stereocenters. The summed E-state index contributed by atoms with van der Waals surface area (Å²) in [5.74, 6) is 2.80. The average molecular weight is 501 g/mol. The number of hydrogen-bond donors (Lipinski definition) is 1. The van der Waals surface area contributed by atoms with Crippen molar-refractivity contribution in [3.05, 3.63) is 54.6 Å². The van der Waals surface area contributed by atoms with Crippen molar-refractivity contribution in [3.8, 4) is 28.5 Å². The minimum atomic E-state index is 0.506. The number of nitrogens with zero attached hydrogens (tertiary/aromatic N) is 5. The lowest BCUT2D eigenvalue weighted by Gasteiger charge is -2.28. The van der Waals surface area contributed by atoms with Crippen LogP contribution in [-0.2, 0) is 0 Å². The van der Waals surface area contributed by atoms with Gasteiger partial charge in [-0.3, -0.25) is 4.90 Å². The van der Waals surface area contributed by atoms with Crippen molar-refractivity contribution in [1.29, 1.82) is 0 Å². The summed E-state index contributed by atoms with van der Waals surface area (Å²) in [6, 6.07) is 18.0. The lowest BCUT2D eigenvalue weighted by Crippen LogP contribution is -2.28. The van der Waals surface area contributed by atoms with Crippen LogP contribution in [-0.4, -0.2) is 73.0 Å². The summed E-state index contributed by atoms with van der Waals surface area (Å²) >= 11 is 0. The number of fused-ring (bicyclic) bond motifs is 2. The van der Waals surface area contributed by atoms with E-state index in [4.69, 9.17) is 19.3 Å². The molecule has 0 bridgehead atoms. The molecule has 4 aromatic rings. The fourth-order valence-corrected chi connectivity index (χ4v) is 4.98. The van der Waals surface area contributed by atoms with E-state index in [1.807, 2.05) is 40.9 Å². The summed E-state index contributed by atoms with van der Waals surface area (Å²) in [5.41, 5.74) is 4.64. The number of benzene rings is 2. The number of likely N-dealkylation sites (tertiary alicyclic amines) is 1. The quantitative estimate of drug-likeness (QED) is 0.380. The topological polar surface area (TPSA) is 76.4 Å². The first-order valence-electron chi connectivity index (χ1n) is 12.8. The van der Waals surface area contributed by atoms with Gasteiger partial charge in [-0.1, -0.05) is 12.1 Å². The molecular weight excluding hydrogens is 468 g/mol. The standard InChI is InChI=1S/C28H32N6O3/c1-32-14-16-37-25-18-20(8-10-23(25)32)22-6-5-7-27-30-28(31-34(22)27)29-21-9-11-24(26(19-21)35-2)36-17-15-33-12-3-4-13-33/h5-11,18-19H,3-4,12-17H2,1-2H3,(H,29,31). The third kappa shape index (κ3) is 4.86. The molecule has 2 aliphatic heterocycles. The first kappa shape index (κ1) is 23.4. The van der Waals surface area contributed by atoms with Crippen LogP contribution in [0.2, 0.25) is 0 Å². The maximum absolute atomic E-state index is 6.01. The molecule has 37 heavy (non-hydrogen) atoms. The van der Waals surface area contributed by atoms with Crippen LogP contribution in [0.3, 0.4) is 0 Å². The van der Waals surface area contributed by atoms with Crippen LogP contribution < -0.4 is 24.4 Å². The van der Waals surface area contributed by atoms with Gasteiger partial charge >= 0.3 is 0 Å². The summed E-state index contributed by atoms with van der Waals surface area (Å²) < 4.78 is 19.4. The summed E-state index contributed by atoms with van der Waals surface area (Å²) in [4.78, 5) is 9.33. The van der Waals surface area contributed by atoms with Gasteiger partial charge in [0.15, 0.2) is 17.1 Å². The molecule has 6 rings (SSSR count). The minimum Gasteiger partial charge on any atom is -0.493 e. The summed E-state index contributed by atoms with van der Waals surface area (Å²) in [5, 5.41) is 8.06. The van der Waals surface area contributed by atoms with Crippen molar-refractivity contribution >= 4 is 23.0 Å². The van der Waals surface area contributed by atoms with E-state index in [2.05, 4.69) is 45.3 Å². The number of nitrogens with one attached hydrogen (secondary N) is 1. The van der Waals surface area contributed by atoms with Gasteiger partial charge in [-0.2, -0.15) is 4.98 Å². The summed E-state index contributed by atoms with van der Waals surface area (Å²) in [6.45, 7) is 5.47. The third-order valence-electron chi connectivity index (χ3n) is 6.99. The molecule has 2 aliphatic rings. The molecule has 0 saturated carbocycles. The minimum absolute atomic E-state index is 0.506. The van der Waals surface area contributed by atoms with Gasteiger partial charge in [0.1, 0.15) is 19.0 Å². The Hall–Kier alpha value is -3.98. The Labute approximate surface area is 216 Å². The number of methoxy groups -OCH3 is 1. The second kappa shape index (κ2) is 10.2. The van der Waals surface area contributed by atoms with Gasteiger partial charge in [0.2, 0.25) is 5.95 Å². The Morgan fingerprint density at radius 1 is 1.00 bits per heavy atom. The zero-order valence-electron chi connectivity index (χ0n) is 21.3. The van der Waals surface area contributed by atoms with Gasteiger partial charge in [0, 0.05) is 30.9 Å². The van der Waals surface area contributed by atoms with Crippen LogP contribution in [0, 0.1) is 0 Å². The summed E-state index contributed by atoms with van der Waals surface area (Å²) in [7, 11) is 3.74. The van der Waals surface area contributed by atoms with Gasteiger partial charge < -0.3 is 24.4 Å². The molecule has 0 radical (unpaired) electrons. The molecular formula is C28H32N6O3. The number of ether oxygens (including phenoxy) is 3. The number of rotatable bonds is 8. The number of pyridine rings is 1. The molecule has 9 nitrogen and oxygen atoms in total. The van der Waals surface area contributed by atoms with E-state index in [0.717, 1.165) is 66.0 Å². The fraction of sp³-hybridized carbons (Fsp3) is 0.357. The smallest absolute Gasteiger partial charge is 0.247 e. The zero-order chi connectivity index (χ0) is 25.2. The molecule has 1 fully saturated rings. The molecule has 2 aromatic heterocycles. The van der Waals surface area contributed by atoms with E-state index in [1.54, 1.807) is 7.11 Å². The Kier molecular flexibility index (Phi) is 6.44. The van der Waals surface area contributed by atoms with E-state index in [-0.39, 0.29) is 0 Å². The molecule has 9 heteroatoms. The van der Waals surface area contributed by atoms with Gasteiger partial charge in [0.25, 0.3) is 0 Å². The normalized spacial score (nSPS) is 15.5. The number of hydrogen-bond acceptors (Lipinski definition) is 8. The van der Waals surface area contributed by atoms with Crippen molar-refractivity contribution in [1.82, 2.24) is 19.5 Å². The molecule has 0 amide bonds. The van der Waals surface area contributed by atoms with Crippen LogP contribution in [0.4, 0.5) is 17.3 Å².